The van der Waals surface area contributed by atoms with Gasteiger partial charge in [0, 0.05) is 12.3 Å². The Hall–Kier alpha value is -0.710. The summed E-state index contributed by atoms with van der Waals surface area (Å²) in [6.45, 7) is 6.12. The number of nitrogens with zero attached hydrogens (tertiary/aromatic N) is 1. The molecule has 1 aliphatic heterocycles. The lowest BCUT2D eigenvalue weighted by Crippen LogP contribution is -2.44. The molecular weight excluding hydrogens is 210 g/mol. The van der Waals surface area contributed by atoms with Crippen molar-refractivity contribution in [3.8, 4) is 0 Å². The van der Waals surface area contributed by atoms with E-state index in [0.717, 1.165) is 11.6 Å². The number of nitrogens with one attached hydrogen (secondary N) is 2. The fourth-order valence-electron chi connectivity index (χ4n) is 1.54. The monoisotopic (exact) mass is 229 g/mol. The number of carbonyl (C=O) groups is 1. The lowest BCUT2D eigenvalue weighted by molar-refractivity contribution is -0.121. The Balaban J connectivity index is 2.54. The predicted octanol–water partition coefficient (Wildman–Crippen LogP) is 0.980. The van der Waals surface area contributed by atoms with Crippen molar-refractivity contribution in [1.29, 1.82) is 0 Å². The summed E-state index contributed by atoms with van der Waals surface area (Å²) >= 11 is 1.71. The fraction of sp³-hybridized carbons (Fsp3) is 0.800. The summed E-state index contributed by atoms with van der Waals surface area (Å²) in [5.74, 6) is -0.0100. The van der Waals surface area contributed by atoms with Crippen molar-refractivity contribution < 1.29 is 4.79 Å². The molecule has 0 aromatic carbocycles. The van der Waals surface area contributed by atoms with Gasteiger partial charge in [-0.2, -0.15) is 0 Å². The molecule has 0 saturated heterocycles. The molecule has 15 heavy (non-hydrogen) atoms. The van der Waals surface area contributed by atoms with Crippen LogP contribution in [0.2, 0.25) is 0 Å². The molecule has 0 aromatic heterocycles. The first kappa shape index (κ1) is 12.4. The van der Waals surface area contributed by atoms with Gasteiger partial charge in [0.1, 0.15) is 6.04 Å². The van der Waals surface area contributed by atoms with Crippen LogP contribution < -0.4 is 10.6 Å². The van der Waals surface area contributed by atoms with Crippen LogP contribution >= 0.6 is 11.8 Å². The molecule has 0 aliphatic carbocycles. The van der Waals surface area contributed by atoms with Gasteiger partial charge < -0.3 is 10.6 Å². The standard InChI is InChI=1S/C10H19N3OS/c1-6-5-7(2)15-10(12-6)13-8(3)9(14)11-4/h6-8H,5H2,1-4H3,(H,11,14)(H,12,13). The maximum Gasteiger partial charge on any atom is 0.242 e. The molecule has 0 radical (unpaired) electrons. The molecule has 3 unspecified atom stereocenters. The highest BCUT2D eigenvalue weighted by molar-refractivity contribution is 8.14. The fourth-order valence-corrected chi connectivity index (χ4v) is 2.78. The van der Waals surface area contributed by atoms with Crippen LogP contribution in [0, 0.1) is 0 Å². The van der Waals surface area contributed by atoms with Gasteiger partial charge in [-0.25, -0.2) is 0 Å². The van der Waals surface area contributed by atoms with Crippen LogP contribution in [0.25, 0.3) is 0 Å². The molecule has 86 valence electrons. The van der Waals surface area contributed by atoms with Crippen LogP contribution in [-0.4, -0.2) is 35.5 Å². The summed E-state index contributed by atoms with van der Waals surface area (Å²) in [6.07, 6.45) is 1.10. The number of carbonyl (C=O) groups excluding carboxylic acids is 1. The van der Waals surface area contributed by atoms with Gasteiger partial charge in [-0.15, -0.1) is 0 Å². The van der Waals surface area contributed by atoms with E-state index in [1.807, 2.05) is 6.92 Å². The molecule has 5 heteroatoms. The van der Waals surface area contributed by atoms with Crippen molar-refractivity contribution in [3.05, 3.63) is 0 Å². The number of likely N-dealkylation sites (N-methyl/N-ethyl adjacent to an activating group) is 1. The van der Waals surface area contributed by atoms with Crippen molar-refractivity contribution >= 4 is 22.8 Å². The second kappa shape index (κ2) is 5.39. The van der Waals surface area contributed by atoms with Crippen molar-refractivity contribution in [1.82, 2.24) is 10.6 Å². The first-order valence-corrected chi connectivity index (χ1v) is 6.13. The second-order valence-electron chi connectivity index (χ2n) is 3.93. The first-order valence-electron chi connectivity index (χ1n) is 5.25. The number of hydrogen-bond donors (Lipinski definition) is 2. The van der Waals surface area contributed by atoms with Gasteiger partial charge in [-0.3, -0.25) is 9.79 Å². The molecule has 1 rings (SSSR count). The van der Waals surface area contributed by atoms with Gasteiger partial charge in [0.05, 0.1) is 6.04 Å². The van der Waals surface area contributed by atoms with E-state index in [9.17, 15) is 4.79 Å². The number of rotatable bonds is 2. The summed E-state index contributed by atoms with van der Waals surface area (Å²) in [7, 11) is 1.64. The van der Waals surface area contributed by atoms with E-state index in [1.54, 1.807) is 18.8 Å². The van der Waals surface area contributed by atoms with Gasteiger partial charge in [0.25, 0.3) is 0 Å². The van der Waals surface area contributed by atoms with E-state index in [2.05, 4.69) is 29.5 Å². The smallest absolute Gasteiger partial charge is 0.242 e. The highest BCUT2D eigenvalue weighted by atomic mass is 32.2. The van der Waals surface area contributed by atoms with E-state index in [4.69, 9.17) is 0 Å². The van der Waals surface area contributed by atoms with Gasteiger partial charge >= 0.3 is 0 Å². The van der Waals surface area contributed by atoms with Crippen molar-refractivity contribution in [2.45, 2.75) is 44.5 Å². The lowest BCUT2D eigenvalue weighted by Gasteiger charge is -2.24. The Kier molecular flexibility index (Phi) is 4.45. The van der Waals surface area contributed by atoms with Gasteiger partial charge in [-0.1, -0.05) is 18.7 Å². The largest absolute Gasteiger partial charge is 0.357 e. The molecule has 1 aliphatic rings. The van der Waals surface area contributed by atoms with E-state index in [0.29, 0.717) is 11.3 Å². The van der Waals surface area contributed by atoms with Crippen LogP contribution in [0.1, 0.15) is 27.2 Å². The minimum Gasteiger partial charge on any atom is -0.357 e. The molecule has 4 nitrogen and oxygen atoms in total. The van der Waals surface area contributed by atoms with Gasteiger partial charge in [-0.05, 0) is 20.3 Å². The molecule has 0 spiro atoms. The summed E-state index contributed by atoms with van der Waals surface area (Å²) in [6, 6.07) is 0.124. The summed E-state index contributed by atoms with van der Waals surface area (Å²) < 4.78 is 0. The Labute approximate surface area is 95.3 Å². The molecule has 1 amide bonds. The Morgan fingerprint density at radius 2 is 2.27 bits per heavy atom. The summed E-state index contributed by atoms with van der Waals surface area (Å²) in [5.41, 5.74) is 0. The topological polar surface area (TPSA) is 53.5 Å². The molecule has 3 atom stereocenters. The zero-order valence-electron chi connectivity index (χ0n) is 9.70. The van der Waals surface area contributed by atoms with Crippen LogP contribution in [0.5, 0.6) is 0 Å². The minimum atomic E-state index is -0.223. The molecule has 1 heterocycles. The zero-order chi connectivity index (χ0) is 11.4. The van der Waals surface area contributed by atoms with Gasteiger partial charge in [0.15, 0.2) is 5.17 Å². The number of amidine groups is 1. The normalized spacial score (nSPS) is 27.9. The highest BCUT2D eigenvalue weighted by Gasteiger charge is 2.21. The minimum absolute atomic E-state index is 0.0100. The van der Waals surface area contributed by atoms with Crippen molar-refractivity contribution in [3.63, 3.8) is 0 Å². The van der Waals surface area contributed by atoms with E-state index >= 15 is 0 Å². The van der Waals surface area contributed by atoms with E-state index in [-0.39, 0.29) is 11.9 Å². The first-order chi connectivity index (χ1) is 7.02. The number of amides is 1. The third kappa shape index (κ3) is 3.74. The molecule has 0 aromatic rings. The second-order valence-corrected chi connectivity index (χ2v) is 5.35. The zero-order valence-corrected chi connectivity index (χ0v) is 10.5. The molecule has 0 fully saturated rings. The summed E-state index contributed by atoms with van der Waals surface area (Å²) in [4.78, 5) is 15.8. The van der Waals surface area contributed by atoms with Crippen molar-refractivity contribution in [2.75, 3.05) is 7.05 Å². The molecule has 0 saturated carbocycles. The number of hydrogen-bond acceptors (Lipinski definition) is 4. The molecule has 0 bridgehead atoms. The van der Waals surface area contributed by atoms with E-state index in [1.165, 1.54) is 0 Å². The maximum atomic E-state index is 11.3. The average Bonchev–Trinajstić information content (AvgIpc) is 2.14. The Morgan fingerprint density at radius 3 is 2.80 bits per heavy atom. The maximum absolute atomic E-state index is 11.3. The lowest BCUT2D eigenvalue weighted by atomic mass is 10.2. The molecule has 2 N–H and O–H groups in total. The van der Waals surface area contributed by atoms with E-state index < -0.39 is 0 Å². The average molecular weight is 229 g/mol. The Bertz CT molecular complexity index is 267. The van der Waals surface area contributed by atoms with Crippen LogP contribution in [0.15, 0.2) is 4.99 Å². The molecular formula is C10H19N3OS. The van der Waals surface area contributed by atoms with Crippen molar-refractivity contribution in [2.24, 2.45) is 4.99 Å². The third-order valence-corrected chi connectivity index (χ3v) is 3.34. The van der Waals surface area contributed by atoms with Gasteiger partial charge in [0.2, 0.25) is 5.91 Å². The number of aliphatic imine (C=N–C) groups is 1. The summed E-state index contributed by atoms with van der Waals surface area (Å²) in [5, 5.41) is 7.20. The highest BCUT2D eigenvalue weighted by Crippen LogP contribution is 2.23. The SMILES string of the molecule is CNC(=O)C(C)NC1=NC(C)CC(C)S1. The van der Waals surface area contributed by atoms with Crippen LogP contribution in [0.3, 0.4) is 0 Å². The van der Waals surface area contributed by atoms with Crippen LogP contribution in [0.4, 0.5) is 0 Å². The van der Waals surface area contributed by atoms with Crippen LogP contribution in [-0.2, 0) is 4.79 Å². The Morgan fingerprint density at radius 1 is 1.60 bits per heavy atom. The predicted molar refractivity (Wildman–Crippen MR) is 65.2 cm³/mol. The number of thioether (sulfide) groups is 1. The third-order valence-electron chi connectivity index (χ3n) is 2.30. The quantitative estimate of drug-likeness (QED) is 0.742.